The summed E-state index contributed by atoms with van der Waals surface area (Å²) in [6.45, 7) is 2.52. The van der Waals surface area contributed by atoms with Crippen molar-refractivity contribution in [2.24, 2.45) is 0 Å². The number of benzene rings is 2. The molecule has 1 aliphatic carbocycles. The number of rotatable bonds is 8. The number of hydrogen-bond donors (Lipinski definition) is 2. The van der Waals surface area contributed by atoms with Gasteiger partial charge in [-0.1, -0.05) is 18.2 Å². The number of nitrogens with one attached hydrogen (secondary N) is 2. The summed E-state index contributed by atoms with van der Waals surface area (Å²) in [6.07, 6.45) is 4.82. The summed E-state index contributed by atoms with van der Waals surface area (Å²) in [5.74, 6) is 0.436. The van der Waals surface area contributed by atoms with Gasteiger partial charge in [-0.15, -0.1) is 0 Å². The number of ether oxygens (including phenoxy) is 1. The van der Waals surface area contributed by atoms with Gasteiger partial charge in [-0.3, -0.25) is 4.79 Å². The van der Waals surface area contributed by atoms with E-state index in [2.05, 4.69) is 10.0 Å². The van der Waals surface area contributed by atoms with E-state index in [1.54, 1.807) is 18.2 Å². The van der Waals surface area contributed by atoms with Crippen molar-refractivity contribution in [1.29, 1.82) is 0 Å². The molecule has 0 bridgehead atoms. The van der Waals surface area contributed by atoms with Crippen LogP contribution in [0.15, 0.2) is 59.5 Å². The molecule has 0 aromatic heterocycles. The molecule has 0 spiro atoms. The van der Waals surface area contributed by atoms with Crippen LogP contribution < -0.4 is 14.8 Å². The van der Waals surface area contributed by atoms with E-state index in [1.165, 1.54) is 18.2 Å². The molecule has 6 nitrogen and oxygen atoms in total. The number of carbonyl (C=O) groups excluding carboxylic acids is 1. The van der Waals surface area contributed by atoms with E-state index in [0.717, 1.165) is 24.2 Å². The number of amides is 1. The van der Waals surface area contributed by atoms with Gasteiger partial charge >= 0.3 is 0 Å². The lowest BCUT2D eigenvalue weighted by molar-refractivity contribution is -0.111. The van der Waals surface area contributed by atoms with E-state index in [0.29, 0.717) is 12.3 Å². The van der Waals surface area contributed by atoms with Gasteiger partial charge in [0.05, 0.1) is 11.5 Å². The largest absolute Gasteiger partial charge is 0.494 e. The van der Waals surface area contributed by atoms with Crippen LogP contribution >= 0.6 is 0 Å². The minimum atomic E-state index is -3.55. The fourth-order valence-electron chi connectivity index (χ4n) is 2.43. The lowest BCUT2D eigenvalue weighted by Gasteiger charge is -2.08. The van der Waals surface area contributed by atoms with Gasteiger partial charge in [0.25, 0.3) is 0 Å². The first-order chi connectivity index (χ1) is 13.0. The second-order valence-corrected chi connectivity index (χ2v) is 7.96. The van der Waals surface area contributed by atoms with Gasteiger partial charge in [-0.05, 0) is 61.7 Å². The summed E-state index contributed by atoms with van der Waals surface area (Å²) in [5.41, 5.74) is 1.29. The maximum Gasteiger partial charge on any atom is 0.248 e. The average molecular weight is 386 g/mol. The Bertz CT molecular complexity index is 933. The molecule has 27 heavy (non-hydrogen) atoms. The first-order valence-electron chi connectivity index (χ1n) is 8.80. The molecule has 0 saturated heterocycles. The molecule has 1 saturated carbocycles. The van der Waals surface area contributed by atoms with Crippen LogP contribution in [0.1, 0.15) is 25.3 Å². The van der Waals surface area contributed by atoms with Crippen molar-refractivity contribution in [2.45, 2.75) is 30.7 Å². The summed E-state index contributed by atoms with van der Waals surface area (Å²) in [5, 5.41) is 2.68. The third-order valence-electron chi connectivity index (χ3n) is 3.93. The number of sulfonamides is 1. The zero-order valence-electron chi connectivity index (χ0n) is 15.0. The van der Waals surface area contributed by atoms with E-state index in [9.17, 15) is 13.2 Å². The predicted octanol–water partition coefficient (Wildman–Crippen LogP) is 3.18. The molecule has 7 heteroatoms. The van der Waals surface area contributed by atoms with Crippen molar-refractivity contribution in [3.8, 4) is 5.75 Å². The predicted molar refractivity (Wildman–Crippen MR) is 105 cm³/mol. The SMILES string of the molecule is CCOc1ccc(/C=C/C(=O)Nc2cccc(S(=O)(=O)NC3CC3)c2)cc1. The molecular weight excluding hydrogens is 364 g/mol. The van der Waals surface area contributed by atoms with Gasteiger partial charge in [0.15, 0.2) is 0 Å². The monoisotopic (exact) mass is 386 g/mol. The van der Waals surface area contributed by atoms with Crippen LogP contribution in [0.4, 0.5) is 5.69 Å². The number of hydrogen-bond acceptors (Lipinski definition) is 4. The first-order valence-corrected chi connectivity index (χ1v) is 10.3. The van der Waals surface area contributed by atoms with E-state index < -0.39 is 10.0 Å². The third-order valence-corrected chi connectivity index (χ3v) is 5.45. The summed E-state index contributed by atoms with van der Waals surface area (Å²) >= 11 is 0. The zero-order chi connectivity index (χ0) is 19.3. The fraction of sp³-hybridized carbons (Fsp3) is 0.250. The maximum atomic E-state index is 12.3. The lowest BCUT2D eigenvalue weighted by Crippen LogP contribution is -2.25. The Labute approximate surface area is 159 Å². The fourth-order valence-corrected chi connectivity index (χ4v) is 3.78. The molecule has 0 heterocycles. The summed E-state index contributed by atoms with van der Waals surface area (Å²) < 4.78 is 32.5. The first kappa shape index (κ1) is 19.1. The van der Waals surface area contributed by atoms with Crippen LogP contribution in [-0.2, 0) is 14.8 Å². The highest BCUT2D eigenvalue weighted by Crippen LogP contribution is 2.23. The van der Waals surface area contributed by atoms with Crippen LogP contribution in [-0.4, -0.2) is 27.0 Å². The summed E-state index contributed by atoms with van der Waals surface area (Å²) in [7, 11) is -3.55. The Kier molecular flexibility index (Phi) is 5.93. The average Bonchev–Trinajstić information content (AvgIpc) is 3.45. The molecule has 1 aliphatic rings. The minimum absolute atomic E-state index is 0.0327. The van der Waals surface area contributed by atoms with E-state index in [4.69, 9.17) is 4.74 Å². The molecule has 3 rings (SSSR count). The van der Waals surface area contributed by atoms with Crippen molar-refractivity contribution in [2.75, 3.05) is 11.9 Å². The van der Waals surface area contributed by atoms with Crippen LogP contribution in [0, 0.1) is 0 Å². The summed E-state index contributed by atoms with van der Waals surface area (Å²) in [6, 6.07) is 13.6. The Morgan fingerprint density at radius 2 is 1.93 bits per heavy atom. The van der Waals surface area contributed by atoms with Crippen LogP contribution in [0.5, 0.6) is 5.75 Å². The molecule has 0 radical (unpaired) electrons. The number of carbonyl (C=O) groups is 1. The minimum Gasteiger partial charge on any atom is -0.494 e. The van der Waals surface area contributed by atoms with Crippen molar-refractivity contribution >= 4 is 27.7 Å². The highest BCUT2D eigenvalue weighted by Gasteiger charge is 2.28. The lowest BCUT2D eigenvalue weighted by atomic mass is 10.2. The van der Waals surface area contributed by atoms with Gasteiger partial charge in [0.1, 0.15) is 5.75 Å². The topological polar surface area (TPSA) is 84.5 Å². The Morgan fingerprint density at radius 1 is 1.19 bits per heavy atom. The third kappa shape index (κ3) is 5.67. The second kappa shape index (κ2) is 8.37. The molecule has 0 unspecified atom stereocenters. The smallest absolute Gasteiger partial charge is 0.248 e. The van der Waals surface area contributed by atoms with E-state index >= 15 is 0 Å². The van der Waals surface area contributed by atoms with E-state index in [1.807, 2.05) is 31.2 Å². The van der Waals surface area contributed by atoms with Crippen molar-refractivity contribution in [3.63, 3.8) is 0 Å². The highest BCUT2D eigenvalue weighted by atomic mass is 32.2. The van der Waals surface area contributed by atoms with Gasteiger partial charge < -0.3 is 10.1 Å². The van der Waals surface area contributed by atoms with Gasteiger partial charge in [-0.25, -0.2) is 13.1 Å². The molecule has 2 aromatic rings. The Balaban J connectivity index is 1.62. The van der Waals surface area contributed by atoms with Gasteiger partial charge in [0.2, 0.25) is 15.9 Å². The Morgan fingerprint density at radius 3 is 2.59 bits per heavy atom. The Hall–Kier alpha value is -2.64. The van der Waals surface area contributed by atoms with E-state index in [-0.39, 0.29) is 16.8 Å². The van der Waals surface area contributed by atoms with Crippen molar-refractivity contribution < 1.29 is 17.9 Å². The second-order valence-electron chi connectivity index (χ2n) is 6.25. The molecule has 2 N–H and O–H groups in total. The van der Waals surface area contributed by atoms with Crippen LogP contribution in [0.25, 0.3) is 6.08 Å². The summed E-state index contributed by atoms with van der Waals surface area (Å²) in [4.78, 5) is 12.3. The zero-order valence-corrected chi connectivity index (χ0v) is 15.8. The molecule has 0 aliphatic heterocycles. The highest BCUT2D eigenvalue weighted by molar-refractivity contribution is 7.89. The molecule has 1 amide bonds. The quantitative estimate of drug-likeness (QED) is 0.683. The van der Waals surface area contributed by atoms with Crippen molar-refractivity contribution in [3.05, 3.63) is 60.2 Å². The molecule has 0 atom stereocenters. The number of anilines is 1. The van der Waals surface area contributed by atoms with Gasteiger partial charge in [0, 0.05) is 17.8 Å². The molecule has 2 aromatic carbocycles. The van der Waals surface area contributed by atoms with Crippen molar-refractivity contribution in [1.82, 2.24) is 4.72 Å². The molecular formula is C20H22N2O4S. The molecule has 142 valence electrons. The van der Waals surface area contributed by atoms with Crippen LogP contribution in [0.3, 0.4) is 0 Å². The molecule has 1 fully saturated rings. The van der Waals surface area contributed by atoms with Gasteiger partial charge in [-0.2, -0.15) is 0 Å². The standard InChI is InChI=1S/C20H22N2O4S/c1-2-26-18-11-6-15(7-12-18)8-13-20(23)21-17-4-3-5-19(14-17)27(24,25)22-16-9-10-16/h3-8,11-14,16,22H,2,9-10H2,1H3,(H,21,23)/b13-8+. The normalized spacial score (nSPS) is 14.3. The van der Waals surface area contributed by atoms with Crippen LogP contribution in [0.2, 0.25) is 0 Å². The maximum absolute atomic E-state index is 12.3.